The van der Waals surface area contributed by atoms with Crippen molar-refractivity contribution in [1.82, 2.24) is 9.88 Å². The van der Waals surface area contributed by atoms with Crippen LogP contribution in [0.15, 0.2) is 73.1 Å². The molecule has 3 amide bonds. The minimum atomic E-state index is -1.07. The second-order valence-corrected chi connectivity index (χ2v) is 7.49. The van der Waals surface area contributed by atoms with Crippen LogP contribution in [0, 0.1) is 5.82 Å². The van der Waals surface area contributed by atoms with Gasteiger partial charge in [0.15, 0.2) is 0 Å². The van der Waals surface area contributed by atoms with Crippen molar-refractivity contribution in [3.05, 3.63) is 90.0 Å². The third kappa shape index (κ3) is 4.59. The van der Waals surface area contributed by atoms with Crippen LogP contribution in [-0.2, 0) is 16.1 Å². The van der Waals surface area contributed by atoms with E-state index in [1.54, 1.807) is 54.9 Å². The minimum Gasteiger partial charge on any atom is -0.494 e. The molecule has 0 saturated carbocycles. The van der Waals surface area contributed by atoms with Crippen molar-refractivity contribution in [2.75, 3.05) is 11.5 Å². The number of anilines is 1. The molecule has 1 fully saturated rings. The van der Waals surface area contributed by atoms with E-state index in [0.717, 1.165) is 4.90 Å². The molecule has 7 nitrogen and oxygen atoms in total. The van der Waals surface area contributed by atoms with E-state index in [9.17, 15) is 18.8 Å². The molecule has 0 bridgehead atoms. The summed E-state index contributed by atoms with van der Waals surface area (Å²) in [5.74, 6) is -1.73. The SMILES string of the molecule is CCOc1ccc(N2C(=O)CC(N(Cc3cccnc3)C(=O)c3ccccc3F)C2=O)cc1. The number of ether oxygens (including phenoxy) is 1. The molecule has 3 aromatic rings. The fourth-order valence-electron chi connectivity index (χ4n) is 3.79. The monoisotopic (exact) mass is 447 g/mol. The molecule has 1 aromatic heterocycles. The van der Waals surface area contributed by atoms with E-state index in [4.69, 9.17) is 4.74 Å². The van der Waals surface area contributed by atoms with Crippen molar-refractivity contribution in [1.29, 1.82) is 0 Å². The lowest BCUT2D eigenvalue weighted by Gasteiger charge is -2.28. The number of nitrogens with zero attached hydrogens (tertiary/aromatic N) is 3. The van der Waals surface area contributed by atoms with Gasteiger partial charge in [0.25, 0.3) is 11.8 Å². The number of hydrogen-bond donors (Lipinski definition) is 0. The summed E-state index contributed by atoms with van der Waals surface area (Å²) in [6.07, 6.45) is 2.95. The average Bonchev–Trinajstić information content (AvgIpc) is 3.12. The highest BCUT2D eigenvalue weighted by Crippen LogP contribution is 2.29. The Bertz CT molecular complexity index is 1170. The van der Waals surface area contributed by atoms with Crippen LogP contribution in [0.5, 0.6) is 5.75 Å². The largest absolute Gasteiger partial charge is 0.494 e. The molecule has 1 unspecified atom stereocenters. The Hall–Kier alpha value is -4.07. The number of aromatic nitrogens is 1. The van der Waals surface area contributed by atoms with Crippen LogP contribution in [-0.4, -0.2) is 40.3 Å². The summed E-state index contributed by atoms with van der Waals surface area (Å²) in [5.41, 5.74) is 0.874. The quantitative estimate of drug-likeness (QED) is 0.517. The molecule has 2 heterocycles. The van der Waals surface area contributed by atoms with E-state index >= 15 is 0 Å². The fraction of sp³-hybridized carbons (Fsp3) is 0.200. The Morgan fingerprint density at radius 1 is 1.12 bits per heavy atom. The Balaban J connectivity index is 1.66. The highest BCUT2D eigenvalue weighted by atomic mass is 19.1. The summed E-state index contributed by atoms with van der Waals surface area (Å²) >= 11 is 0. The Morgan fingerprint density at radius 3 is 2.55 bits per heavy atom. The van der Waals surface area contributed by atoms with Gasteiger partial charge in [-0.1, -0.05) is 18.2 Å². The van der Waals surface area contributed by atoms with E-state index in [1.165, 1.54) is 23.1 Å². The summed E-state index contributed by atoms with van der Waals surface area (Å²) in [7, 11) is 0. The van der Waals surface area contributed by atoms with E-state index in [1.807, 2.05) is 6.92 Å². The topological polar surface area (TPSA) is 79.8 Å². The van der Waals surface area contributed by atoms with E-state index < -0.39 is 29.6 Å². The number of carbonyl (C=O) groups is 3. The molecule has 0 N–H and O–H groups in total. The first-order valence-electron chi connectivity index (χ1n) is 10.5. The Kier molecular flexibility index (Phi) is 6.44. The Labute approximate surface area is 190 Å². The predicted molar refractivity (Wildman–Crippen MR) is 119 cm³/mol. The van der Waals surface area contributed by atoms with E-state index in [-0.39, 0.29) is 18.5 Å². The molecule has 4 rings (SSSR count). The van der Waals surface area contributed by atoms with Gasteiger partial charge in [0, 0.05) is 18.9 Å². The van der Waals surface area contributed by atoms with Gasteiger partial charge in [-0.2, -0.15) is 0 Å². The van der Waals surface area contributed by atoms with Crippen molar-refractivity contribution in [3.8, 4) is 5.75 Å². The fourth-order valence-corrected chi connectivity index (χ4v) is 3.79. The molecule has 1 atom stereocenters. The van der Waals surface area contributed by atoms with Crippen LogP contribution < -0.4 is 9.64 Å². The molecule has 0 radical (unpaired) electrons. The van der Waals surface area contributed by atoms with E-state index in [2.05, 4.69) is 4.98 Å². The molecule has 2 aromatic carbocycles. The Morgan fingerprint density at radius 2 is 1.88 bits per heavy atom. The zero-order chi connectivity index (χ0) is 23.4. The number of amides is 3. The van der Waals surface area contributed by atoms with Gasteiger partial charge >= 0.3 is 0 Å². The maximum atomic E-state index is 14.4. The second kappa shape index (κ2) is 9.60. The van der Waals surface area contributed by atoms with Gasteiger partial charge in [0.1, 0.15) is 17.6 Å². The number of carbonyl (C=O) groups excluding carboxylic acids is 3. The summed E-state index contributed by atoms with van der Waals surface area (Å²) in [6, 6.07) is 14.5. The zero-order valence-corrected chi connectivity index (χ0v) is 18.0. The van der Waals surface area contributed by atoms with Gasteiger partial charge in [-0.3, -0.25) is 19.4 Å². The van der Waals surface area contributed by atoms with Crippen LogP contribution in [0.3, 0.4) is 0 Å². The van der Waals surface area contributed by atoms with Crippen LogP contribution in [0.25, 0.3) is 0 Å². The first-order valence-corrected chi connectivity index (χ1v) is 10.5. The summed E-state index contributed by atoms with van der Waals surface area (Å²) in [5, 5.41) is 0. The summed E-state index contributed by atoms with van der Waals surface area (Å²) in [4.78, 5) is 45.9. The lowest BCUT2D eigenvalue weighted by atomic mass is 10.1. The first-order chi connectivity index (χ1) is 16.0. The van der Waals surface area contributed by atoms with Crippen molar-refractivity contribution in [2.45, 2.75) is 25.9 Å². The lowest BCUT2D eigenvalue weighted by molar-refractivity contribution is -0.122. The van der Waals surface area contributed by atoms with Crippen molar-refractivity contribution < 1.29 is 23.5 Å². The summed E-state index contributed by atoms with van der Waals surface area (Å²) in [6.45, 7) is 2.35. The van der Waals surface area contributed by atoms with Gasteiger partial charge in [-0.15, -0.1) is 0 Å². The molecular formula is C25H22FN3O4. The van der Waals surface area contributed by atoms with Gasteiger partial charge in [-0.25, -0.2) is 9.29 Å². The van der Waals surface area contributed by atoms with Gasteiger partial charge in [0.2, 0.25) is 5.91 Å². The highest BCUT2D eigenvalue weighted by molar-refractivity contribution is 6.23. The molecule has 168 valence electrons. The first kappa shape index (κ1) is 22.1. The summed E-state index contributed by atoms with van der Waals surface area (Å²) < 4.78 is 19.8. The van der Waals surface area contributed by atoms with Crippen LogP contribution in [0.4, 0.5) is 10.1 Å². The standard InChI is InChI=1S/C25H22FN3O4/c1-2-33-19-11-9-18(10-12-19)29-23(30)14-22(25(29)32)28(16-17-6-5-13-27-15-17)24(31)20-7-3-4-8-21(20)26/h3-13,15,22H,2,14,16H2,1H3. The minimum absolute atomic E-state index is 0.00180. The number of rotatable bonds is 7. The van der Waals surface area contributed by atoms with Crippen LogP contribution in [0.1, 0.15) is 29.3 Å². The molecule has 8 heteroatoms. The van der Waals surface area contributed by atoms with Gasteiger partial charge in [0.05, 0.1) is 24.3 Å². The number of imide groups is 1. The molecule has 1 saturated heterocycles. The smallest absolute Gasteiger partial charge is 0.257 e. The molecule has 0 aliphatic carbocycles. The second-order valence-electron chi connectivity index (χ2n) is 7.49. The number of pyridine rings is 1. The maximum Gasteiger partial charge on any atom is 0.257 e. The zero-order valence-electron chi connectivity index (χ0n) is 18.0. The highest BCUT2D eigenvalue weighted by Gasteiger charge is 2.44. The van der Waals surface area contributed by atoms with Crippen molar-refractivity contribution >= 4 is 23.4 Å². The predicted octanol–water partition coefficient (Wildman–Crippen LogP) is 3.59. The third-order valence-electron chi connectivity index (χ3n) is 5.35. The number of halogens is 1. The van der Waals surface area contributed by atoms with Gasteiger partial charge in [-0.05, 0) is 55.0 Å². The van der Waals surface area contributed by atoms with E-state index in [0.29, 0.717) is 23.6 Å². The molecule has 1 aliphatic heterocycles. The van der Waals surface area contributed by atoms with Crippen LogP contribution in [0.2, 0.25) is 0 Å². The van der Waals surface area contributed by atoms with Crippen molar-refractivity contribution in [2.24, 2.45) is 0 Å². The van der Waals surface area contributed by atoms with Crippen molar-refractivity contribution in [3.63, 3.8) is 0 Å². The lowest BCUT2D eigenvalue weighted by Crippen LogP contribution is -2.45. The maximum absolute atomic E-state index is 14.4. The molecule has 1 aliphatic rings. The van der Waals surface area contributed by atoms with Gasteiger partial charge < -0.3 is 9.64 Å². The normalized spacial score (nSPS) is 15.6. The van der Waals surface area contributed by atoms with Crippen LogP contribution >= 0.6 is 0 Å². The third-order valence-corrected chi connectivity index (χ3v) is 5.35. The number of hydrogen-bond acceptors (Lipinski definition) is 5. The number of benzene rings is 2. The molecular weight excluding hydrogens is 425 g/mol. The molecule has 33 heavy (non-hydrogen) atoms. The average molecular weight is 447 g/mol. The molecule has 0 spiro atoms.